The van der Waals surface area contributed by atoms with E-state index >= 15 is 0 Å². The Labute approximate surface area is 106 Å². The third-order valence-electron chi connectivity index (χ3n) is 2.93. The fourth-order valence-corrected chi connectivity index (χ4v) is 2.01. The molecule has 1 amide bonds. The van der Waals surface area contributed by atoms with Crippen LogP contribution in [0.3, 0.4) is 0 Å². The maximum absolute atomic E-state index is 12.9. The quantitative estimate of drug-likeness (QED) is 0.857. The molecule has 0 radical (unpaired) electrons. The van der Waals surface area contributed by atoms with Gasteiger partial charge in [-0.05, 0) is 31.0 Å². The zero-order chi connectivity index (χ0) is 12.8. The lowest BCUT2D eigenvalue weighted by atomic mass is 10.2. The Morgan fingerprint density at radius 1 is 1.28 bits per heavy atom. The van der Waals surface area contributed by atoms with E-state index in [-0.39, 0.29) is 18.3 Å². The second-order valence-electron chi connectivity index (χ2n) is 4.44. The molecule has 1 aliphatic heterocycles. The number of amides is 1. The highest BCUT2D eigenvalue weighted by atomic mass is 19.1. The van der Waals surface area contributed by atoms with E-state index in [0.29, 0.717) is 5.69 Å². The maximum Gasteiger partial charge on any atom is 0.239 e. The summed E-state index contributed by atoms with van der Waals surface area (Å²) in [5, 5.41) is 4.72. The SMILES string of the molecule is O=C(CNN1CCCCC1)Nc1cccc(F)c1. The van der Waals surface area contributed by atoms with Crippen LogP contribution in [-0.4, -0.2) is 30.6 Å². The van der Waals surface area contributed by atoms with Crippen molar-refractivity contribution in [3.8, 4) is 0 Å². The Morgan fingerprint density at radius 3 is 2.78 bits per heavy atom. The molecule has 18 heavy (non-hydrogen) atoms. The van der Waals surface area contributed by atoms with E-state index in [1.807, 2.05) is 0 Å². The lowest BCUT2D eigenvalue weighted by Crippen LogP contribution is -2.45. The first-order chi connectivity index (χ1) is 8.74. The van der Waals surface area contributed by atoms with Crippen LogP contribution in [-0.2, 0) is 4.79 Å². The monoisotopic (exact) mass is 251 g/mol. The van der Waals surface area contributed by atoms with Gasteiger partial charge in [0.05, 0.1) is 6.54 Å². The highest BCUT2D eigenvalue weighted by Crippen LogP contribution is 2.09. The number of hydrazine groups is 1. The van der Waals surface area contributed by atoms with E-state index in [0.717, 1.165) is 13.1 Å². The molecule has 0 saturated carbocycles. The van der Waals surface area contributed by atoms with Gasteiger partial charge in [0.15, 0.2) is 0 Å². The van der Waals surface area contributed by atoms with Crippen LogP contribution in [0.5, 0.6) is 0 Å². The number of anilines is 1. The van der Waals surface area contributed by atoms with Gasteiger partial charge in [0.25, 0.3) is 0 Å². The molecular formula is C13H18FN3O. The van der Waals surface area contributed by atoms with Crippen LogP contribution >= 0.6 is 0 Å². The van der Waals surface area contributed by atoms with Crippen molar-refractivity contribution in [1.82, 2.24) is 10.4 Å². The summed E-state index contributed by atoms with van der Waals surface area (Å²) in [4.78, 5) is 11.6. The second kappa shape index (κ2) is 6.47. The summed E-state index contributed by atoms with van der Waals surface area (Å²) in [7, 11) is 0. The number of halogens is 1. The largest absolute Gasteiger partial charge is 0.325 e. The van der Waals surface area contributed by atoms with Gasteiger partial charge in [0, 0.05) is 18.8 Å². The van der Waals surface area contributed by atoms with Crippen LogP contribution in [0.1, 0.15) is 19.3 Å². The van der Waals surface area contributed by atoms with Crippen molar-refractivity contribution in [2.75, 3.05) is 25.0 Å². The van der Waals surface area contributed by atoms with Crippen molar-refractivity contribution in [1.29, 1.82) is 0 Å². The molecule has 1 aliphatic rings. The topological polar surface area (TPSA) is 44.4 Å². The smallest absolute Gasteiger partial charge is 0.239 e. The number of hydrogen-bond acceptors (Lipinski definition) is 3. The Hall–Kier alpha value is -1.46. The van der Waals surface area contributed by atoms with Gasteiger partial charge in [-0.1, -0.05) is 12.5 Å². The van der Waals surface area contributed by atoms with Crippen molar-refractivity contribution < 1.29 is 9.18 Å². The number of rotatable bonds is 4. The van der Waals surface area contributed by atoms with E-state index in [9.17, 15) is 9.18 Å². The molecule has 4 nitrogen and oxygen atoms in total. The van der Waals surface area contributed by atoms with Gasteiger partial charge in [-0.15, -0.1) is 0 Å². The van der Waals surface area contributed by atoms with Crippen LogP contribution in [0.2, 0.25) is 0 Å². The third kappa shape index (κ3) is 4.09. The minimum absolute atomic E-state index is 0.161. The normalized spacial score (nSPS) is 16.5. The maximum atomic E-state index is 12.9. The Balaban J connectivity index is 1.74. The van der Waals surface area contributed by atoms with E-state index in [1.165, 1.54) is 31.4 Å². The van der Waals surface area contributed by atoms with Crippen molar-refractivity contribution >= 4 is 11.6 Å². The molecule has 1 aromatic rings. The van der Waals surface area contributed by atoms with E-state index in [1.54, 1.807) is 12.1 Å². The van der Waals surface area contributed by atoms with Crippen molar-refractivity contribution in [2.24, 2.45) is 0 Å². The van der Waals surface area contributed by atoms with Gasteiger partial charge in [-0.2, -0.15) is 0 Å². The molecule has 2 rings (SSSR count). The fraction of sp³-hybridized carbons (Fsp3) is 0.462. The van der Waals surface area contributed by atoms with Crippen LogP contribution < -0.4 is 10.7 Å². The Kier molecular flexibility index (Phi) is 4.66. The zero-order valence-electron chi connectivity index (χ0n) is 10.3. The molecule has 0 aromatic heterocycles. The summed E-state index contributed by atoms with van der Waals surface area (Å²) < 4.78 is 12.9. The minimum Gasteiger partial charge on any atom is -0.325 e. The van der Waals surface area contributed by atoms with Crippen molar-refractivity contribution in [3.63, 3.8) is 0 Å². The molecule has 1 aromatic carbocycles. The van der Waals surface area contributed by atoms with Crippen LogP contribution in [0.25, 0.3) is 0 Å². The standard InChI is InChI=1S/C13H18FN3O/c14-11-5-4-6-12(9-11)16-13(18)10-15-17-7-2-1-3-8-17/h4-6,9,15H,1-3,7-8,10H2,(H,16,18). The predicted molar refractivity (Wildman–Crippen MR) is 68.5 cm³/mol. The van der Waals surface area contributed by atoms with Gasteiger partial charge >= 0.3 is 0 Å². The van der Waals surface area contributed by atoms with E-state index in [4.69, 9.17) is 0 Å². The molecule has 0 atom stereocenters. The summed E-state index contributed by atoms with van der Waals surface area (Å²) in [6.45, 7) is 2.18. The first-order valence-electron chi connectivity index (χ1n) is 6.28. The van der Waals surface area contributed by atoms with Gasteiger partial charge in [0.1, 0.15) is 5.82 Å². The summed E-state index contributed by atoms with van der Waals surface area (Å²) in [6, 6.07) is 5.89. The van der Waals surface area contributed by atoms with Gasteiger partial charge in [-0.3, -0.25) is 4.79 Å². The number of carbonyl (C=O) groups excluding carboxylic acids is 1. The predicted octanol–water partition coefficient (Wildman–Crippen LogP) is 1.75. The molecule has 0 aliphatic carbocycles. The highest BCUT2D eigenvalue weighted by molar-refractivity contribution is 5.92. The number of hydrogen-bond donors (Lipinski definition) is 2. The summed E-state index contributed by atoms with van der Waals surface area (Å²) in [5.41, 5.74) is 3.57. The first-order valence-corrected chi connectivity index (χ1v) is 6.28. The highest BCUT2D eigenvalue weighted by Gasteiger charge is 2.11. The average Bonchev–Trinajstić information content (AvgIpc) is 2.38. The molecule has 0 unspecified atom stereocenters. The van der Waals surface area contributed by atoms with Crippen molar-refractivity contribution in [3.05, 3.63) is 30.1 Å². The average molecular weight is 251 g/mol. The van der Waals surface area contributed by atoms with Gasteiger partial charge < -0.3 is 5.32 Å². The fourth-order valence-electron chi connectivity index (χ4n) is 2.01. The number of carbonyl (C=O) groups is 1. The van der Waals surface area contributed by atoms with E-state index < -0.39 is 0 Å². The molecule has 0 bridgehead atoms. The second-order valence-corrected chi connectivity index (χ2v) is 4.44. The number of nitrogens with zero attached hydrogens (tertiary/aromatic N) is 1. The van der Waals surface area contributed by atoms with Crippen LogP contribution in [0, 0.1) is 5.82 Å². The number of nitrogens with one attached hydrogen (secondary N) is 2. The van der Waals surface area contributed by atoms with Crippen molar-refractivity contribution in [2.45, 2.75) is 19.3 Å². The number of piperidine rings is 1. The molecule has 98 valence electrons. The molecule has 5 heteroatoms. The lowest BCUT2D eigenvalue weighted by Gasteiger charge is -2.26. The minimum atomic E-state index is -0.350. The van der Waals surface area contributed by atoms with Crippen LogP contribution in [0.15, 0.2) is 24.3 Å². The third-order valence-corrected chi connectivity index (χ3v) is 2.93. The Morgan fingerprint density at radius 2 is 2.06 bits per heavy atom. The van der Waals surface area contributed by atoms with Crippen LogP contribution in [0.4, 0.5) is 10.1 Å². The summed E-state index contributed by atoms with van der Waals surface area (Å²) in [5.74, 6) is -0.511. The summed E-state index contributed by atoms with van der Waals surface area (Å²) in [6.07, 6.45) is 3.59. The number of benzene rings is 1. The molecule has 2 N–H and O–H groups in total. The van der Waals surface area contributed by atoms with E-state index in [2.05, 4.69) is 15.8 Å². The zero-order valence-corrected chi connectivity index (χ0v) is 10.3. The van der Waals surface area contributed by atoms with Gasteiger partial charge in [-0.25, -0.2) is 14.8 Å². The molecule has 1 saturated heterocycles. The molecule has 1 heterocycles. The first kappa shape index (κ1) is 13.0. The lowest BCUT2D eigenvalue weighted by molar-refractivity contribution is -0.116. The summed E-state index contributed by atoms with van der Waals surface area (Å²) >= 11 is 0. The van der Waals surface area contributed by atoms with Gasteiger partial charge in [0.2, 0.25) is 5.91 Å². The molecule has 0 spiro atoms. The molecule has 1 fully saturated rings. The molecular weight excluding hydrogens is 233 g/mol. The Bertz CT molecular complexity index is 405.